The second-order valence-electron chi connectivity index (χ2n) is 6.87. The van der Waals surface area contributed by atoms with Crippen LogP contribution in [0.3, 0.4) is 0 Å². The number of benzene rings is 1. The minimum absolute atomic E-state index is 0.0146. The van der Waals surface area contributed by atoms with Crippen LogP contribution in [0.4, 0.5) is 0 Å². The van der Waals surface area contributed by atoms with Crippen LogP contribution in [-0.4, -0.2) is 48.8 Å². The molecule has 0 aromatic heterocycles. The van der Waals surface area contributed by atoms with E-state index in [1.165, 1.54) is 0 Å². The number of carbonyl (C=O) groups excluding carboxylic acids is 3. The Labute approximate surface area is 165 Å². The molecule has 7 heteroatoms. The number of hydrogen-bond donors (Lipinski definition) is 2. The van der Waals surface area contributed by atoms with Crippen molar-refractivity contribution in [2.24, 2.45) is 5.92 Å². The number of ether oxygens (including phenoxy) is 2. The van der Waals surface area contributed by atoms with Gasteiger partial charge in [0.05, 0.1) is 13.2 Å². The number of hydrogen-bond acceptors (Lipinski definition) is 6. The molecule has 0 radical (unpaired) electrons. The van der Waals surface area contributed by atoms with E-state index in [-0.39, 0.29) is 38.6 Å². The molecule has 0 spiro atoms. The van der Waals surface area contributed by atoms with Gasteiger partial charge in [0.15, 0.2) is 0 Å². The lowest BCUT2D eigenvalue weighted by molar-refractivity contribution is -0.146. The minimum Gasteiger partial charge on any atom is -0.466 e. The highest BCUT2D eigenvalue weighted by molar-refractivity contribution is 5.96. The van der Waals surface area contributed by atoms with Crippen molar-refractivity contribution in [3.05, 3.63) is 35.4 Å². The predicted octanol–water partition coefficient (Wildman–Crippen LogP) is 2.18. The lowest BCUT2D eigenvalue weighted by atomic mass is 9.70. The summed E-state index contributed by atoms with van der Waals surface area (Å²) in [6.45, 7) is 4.01. The Bertz CT molecular complexity index is 670. The van der Waals surface area contributed by atoms with Gasteiger partial charge in [-0.25, -0.2) is 4.79 Å². The van der Waals surface area contributed by atoms with Crippen LogP contribution < -0.4 is 5.32 Å². The highest BCUT2D eigenvalue weighted by Gasteiger charge is 2.31. The third kappa shape index (κ3) is 5.79. The van der Waals surface area contributed by atoms with Gasteiger partial charge in [-0.2, -0.15) is 0 Å². The number of amides is 1. The Morgan fingerprint density at radius 2 is 1.79 bits per heavy atom. The topological polar surface area (TPSA) is 102 Å². The molecule has 0 heterocycles. The Morgan fingerprint density at radius 3 is 2.32 bits per heavy atom. The summed E-state index contributed by atoms with van der Waals surface area (Å²) in [4.78, 5) is 36.2. The third-order valence-corrected chi connectivity index (χ3v) is 5.07. The van der Waals surface area contributed by atoms with Gasteiger partial charge in [-0.05, 0) is 62.6 Å². The van der Waals surface area contributed by atoms with Gasteiger partial charge in [0.1, 0.15) is 6.04 Å². The van der Waals surface area contributed by atoms with Crippen molar-refractivity contribution < 1.29 is 29.0 Å². The van der Waals surface area contributed by atoms with Crippen molar-refractivity contribution in [1.29, 1.82) is 0 Å². The molecule has 2 N–H and O–H groups in total. The van der Waals surface area contributed by atoms with E-state index in [9.17, 15) is 19.5 Å². The molecule has 1 aromatic rings. The summed E-state index contributed by atoms with van der Waals surface area (Å²) in [5, 5.41) is 12.0. The molecule has 1 aromatic carbocycles. The monoisotopic (exact) mass is 391 g/mol. The zero-order valence-electron chi connectivity index (χ0n) is 16.5. The summed E-state index contributed by atoms with van der Waals surface area (Å²) < 4.78 is 9.87. The molecule has 7 nitrogen and oxygen atoms in total. The average Bonchev–Trinajstić information content (AvgIpc) is 2.65. The van der Waals surface area contributed by atoms with E-state index < -0.39 is 23.9 Å². The maximum absolute atomic E-state index is 12.5. The zero-order valence-corrected chi connectivity index (χ0v) is 16.5. The number of esters is 2. The average molecular weight is 391 g/mol. The molecule has 28 heavy (non-hydrogen) atoms. The fourth-order valence-corrected chi connectivity index (χ4v) is 3.34. The molecule has 1 saturated carbocycles. The second-order valence-corrected chi connectivity index (χ2v) is 6.87. The van der Waals surface area contributed by atoms with E-state index in [0.717, 1.165) is 18.4 Å². The number of carbonyl (C=O) groups is 3. The summed E-state index contributed by atoms with van der Waals surface area (Å²) in [6.07, 6.45) is 2.18. The molecule has 0 saturated heterocycles. The first-order valence-corrected chi connectivity index (χ1v) is 9.84. The highest BCUT2D eigenvalue weighted by atomic mass is 16.5. The van der Waals surface area contributed by atoms with Crippen molar-refractivity contribution in [3.8, 4) is 0 Å². The number of rotatable bonds is 10. The lowest BCUT2D eigenvalue weighted by Gasteiger charge is -2.35. The van der Waals surface area contributed by atoms with Crippen molar-refractivity contribution in [3.63, 3.8) is 0 Å². The van der Waals surface area contributed by atoms with Crippen LogP contribution in [-0.2, 0) is 19.1 Å². The quantitative estimate of drug-likeness (QED) is 0.593. The molecular weight excluding hydrogens is 362 g/mol. The first-order chi connectivity index (χ1) is 13.5. The van der Waals surface area contributed by atoms with Crippen LogP contribution in [0, 0.1) is 5.92 Å². The van der Waals surface area contributed by atoms with Crippen molar-refractivity contribution in [2.45, 2.75) is 51.5 Å². The third-order valence-electron chi connectivity index (χ3n) is 5.07. The molecule has 0 aliphatic heterocycles. The van der Waals surface area contributed by atoms with E-state index in [1.807, 2.05) is 12.1 Å². The van der Waals surface area contributed by atoms with Gasteiger partial charge in [-0.3, -0.25) is 9.59 Å². The Morgan fingerprint density at radius 1 is 1.11 bits per heavy atom. The molecule has 1 aliphatic carbocycles. The van der Waals surface area contributed by atoms with Crippen LogP contribution in [0.25, 0.3) is 0 Å². The smallest absolute Gasteiger partial charge is 0.328 e. The largest absolute Gasteiger partial charge is 0.466 e. The predicted molar refractivity (Wildman–Crippen MR) is 103 cm³/mol. The van der Waals surface area contributed by atoms with Crippen LogP contribution in [0.5, 0.6) is 0 Å². The first kappa shape index (κ1) is 21.9. The Balaban J connectivity index is 1.99. The van der Waals surface area contributed by atoms with Gasteiger partial charge in [0.2, 0.25) is 0 Å². The maximum Gasteiger partial charge on any atom is 0.328 e. The van der Waals surface area contributed by atoms with Gasteiger partial charge < -0.3 is 19.9 Å². The standard InChI is InChI=1S/C21H29NO6/c1-3-27-19(24)12-11-18(21(26)28-4-2)22-20(25)15-7-5-14(6-8-15)17-10-9-16(17)13-23/h5-8,16-18,23H,3-4,9-13H2,1-2H3,(H,22,25)/t16-,17-,18-/m0/s1. The zero-order chi connectivity index (χ0) is 20.5. The summed E-state index contributed by atoms with van der Waals surface area (Å²) in [7, 11) is 0. The molecule has 1 amide bonds. The SMILES string of the molecule is CCOC(=O)CC[C@H](NC(=O)c1ccc([C@@H]2CC[C@H]2CO)cc1)C(=O)OCC. The normalized spacial score (nSPS) is 19.2. The van der Waals surface area contributed by atoms with Crippen molar-refractivity contribution in [2.75, 3.05) is 19.8 Å². The first-order valence-electron chi connectivity index (χ1n) is 9.84. The van der Waals surface area contributed by atoms with Gasteiger partial charge in [-0.15, -0.1) is 0 Å². The summed E-state index contributed by atoms with van der Waals surface area (Å²) in [5.74, 6) is -0.776. The van der Waals surface area contributed by atoms with Crippen molar-refractivity contribution >= 4 is 17.8 Å². The summed E-state index contributed by atoms with van der Waals surface area (Å²) >= 11 is 0. The van der Waals surface area contributed by atoms with E-state index in [0.29, 0.717) is 11.5 Å². The van der Waals surface area contributed by atoms with Gasteiger partial charge in [0, 0.05) is 18.6 Å². The highest BCUT2D eigenvalue weighted by Crippen LogP contribution is 2.42. The summed E-state index contributed by atoms with van der Waals surface area (Å²) in [5.41, 5.74) is 1.53. The summed E-state index contributed by atoms with van der Waals surface area (Å²) in [6, 6.07) is 6.29. The second kappa shape index (κ2) is 10.8. The Kier molecular flexibility index (Phi) is 8.44. The molecule has 0 bridgehead atoms. The number of aliphatic hydroxyl groups is 1. The number of aliphatic hydroxyl groups excluding tert-OH is 1. The molecule has 154 valence electrons. The van der Waals surface area contributed by atoms with E-state index in [4.69, 9.17) is 9.47 Å². The van der Waals surface area contributed by atoms with Gasteiger partial charge in [-0.1, -0.05) is 12.1 Å². The maximum atomic E-state index is 12.5. The lowest BCUT2D eigenvalue weighted by Crippen LogP contribution is -2.42. The Hall–Kier alpha value is -2.41. The fraction of sp³-hybridized carbons (Fsp3) is 0.571. The van der Waals surface area contributed by atoms with E-state index in [1.54, 1.807) is 26.0 Å². The molecule has 2 rings (SSSR count). The van der Waals surface area contributed by atoms with Crippen LogP contribution in [0.1, 0.15) is 61.4 Å². The van der Waals surface area contributed by atoms with Crippen LogP contribution in [0.15, 0.2) is 24.3 Å². The molecule has 3 atom stereocenters. The molecule has 0 unspecified atom stereocenters. The van der Waals surface area contributed by atoms with Crippen molar-refractivity contribution in [1.82, 2.24) is 5.32 Å². The van der Waals surface area contributed by atoms with Gasteiger partial charge >= 0.3 is 11.9 Å². The van der Waals surface area contributed by atoms with Gasteiger partial charge in [0.25, 0.3) is 5.91 Å². The van der Waals surface area contributed by atoms with E-state index in [2.05, 4.69) is 5.32 Å². The van der Waals surface area contributed by atoms with E-state index >= 15 is 0 Å². The fourth-order valence-electron chi connectivity index (χ4n) is 3.34. The van der Waals surface area contributed by atoms with Crippen LogP contribution >= 0.6 is 0 Å². The van der Waals surface area contributed by atoms with Crippen LogP contribution in [0.2, 0.25) is 0 Å². The molecule has 1 aliphatic rings. The molecule has 1 fully saturated rings. The minimum atomic E-state index is -0.915. The number of nitrogens with one attached hydrogen (secondary N) is 1. The molecular formula is C21H29NO6.